The molecule has 0 radical (unpaired) electrons. The van der Waals surface area contributed by atoms with E-state index in [-0.39, 0.29) is 11.8 Å². The third-order valence-electron chi connectivity index (χ3n) is 3.70. The Hall–Kier alpha value is -3.35. The summed E-state index contributed by atoms with van der Waals surface area (Å²) in [5.41, 5.74) is 7.67. The number of carbonyl (C=O) groups is 3. The van der Waals surface area contributed by atoms with Gasteiger partial charge in [-0.2, -0.15) is 0 Å². The van der Waals surface area contributed by atoms with Crippen molar-refractivity contribution in [1.29, 1.82) is 0 Å². The minimum Gasteiger partial charge on any atom is -0.352 e. The molecule has 0 aliphatic rings. The first-order valence-electron chi connectivity index (χ1n) is 8.67. The summed E-state index contributed by atoms with van der Waals surface area (Å²) < 4.78 is 0. The predicted molar refractivity (Wildman–Crippen MR) is 105 cm³/mol. The predicted octanol–water partition coefficient (Wildman–Crippen LogP) is 3.09. The van der Waals surface area contributed by atoms with E-state index >= 15 is 0 Å². The molecule has 2 rings (SSSR count). The van der Waals surface area contributed by atoms with Gasteiger partial charge in [0.25, 0.3) is 5.91 Å². The number of hydrogen-bond acceptors (Lipinski definition) is 3. The number of primary amides is 1. The number of urea groups is 1. The zero-order valence-electron chi connectivity index (χ0n) is 15.4. The normalized spacial score (nSPS) is 10.3. The number of benzene rings is 2. The number of hydrogen-bond donors (Lipinski definition) is 4. The lowest BCUT2D eigenvalue weighted by molar-refractivity contribution is -0.116. The molecule has 0 heterocycles. The Morgan fingerprint density at radius 3 is 1.96 bits per heavy atom. The molecule has 2 aromatic carbocycles. The van der Waals surface area contributed by atoms with Crippen LogP contribution in [-0.2, 0) is 11.3 Å². The molecule has 0 aromatic heterocycles. The van der Waals surface area contributed by atoms with Crippen molar-refractivity contribution in [2.24, 2.45) is 11.7 Å². The Kier molecular flexibility index (Phi) is 6.93. The molecule has 5 N–H and O–H groups in total. The first-order valence-corrected chi connectivity index (χ1v) is 8.67. The fourth-order valence-electron chi connectivity index (χ4n) is 2.39. The molecular formula is C20H24N4O3. The lowest BCUT2D eigenvalue weighted by atomic mass is 10.1. The van der Waals surface area contributed by atoms with Gasteiger partial charge < -0.3 is 21.7 Å². The minimum atomic E-state index is -0.597. The molecule has 0 unspecified atom stereocenters. The second kappa shape index (κ2) is 9.38. The third-order valence-corrected chi connectivity index (χ3v) is 3.70. The number of carbonyl (C=O) groups excluding carboxylic acids is 3. The number of nitrogens with two attached hydrogens (primary N) is 1. The summed E-state index contributed by atoms with van der Waals surface area (Å²) in [5.74, 6) is 0.00947. The van der Waals surface area contributed by atoms with E-state index in [1.807, 2.05) is 13.8 Å². The fourth-order valence-corrected chi connectivity index (χ4v) is 2.39. The van der Waals surface area contributed by atoms with E-state index in [1.165, 1.54) is 0 Å². The smallest absolute Gasteiger partial charge is 0.312 e. The average Bonchev–Trinajstić information content (AvgIpc) is 2.61. The first-order chi connectivity index (χ1) is 12.8. The molecule has 142 valence electrons. The van der Waals surface area contributed by atoms with Crippen molar-refractivity contribution < 1.29 is 14.4 Å². The molecule has 0 saturated carbocycles. The van der Waals surface area contributed by atoms with Crippen LogP contribution in [0.3, 0.4) is 0 Å². The van der Waals surface area contributed by atoms with Crippen LogP contribution in [0.25, 0.3) is 0 Å². The molecule has 0 atom stereocenters. The summed E-state index contributed by atoms with van der Waals surface area (Å²) in [6.07, 6.45) is 0.462. The second-order valence-corrected chi connectivity index (χ2v) is 6.59. The molecule has 7 nitrogen and oxygen atoms in total. The summed E-state index contributed by atoms with van der Waals surface area (Å²) in [5, 5.41) is 8.11. The van der Waals surface area contributed by atoms with E-state index in [4.69, 9.17) is 5.73 Å². The number of rotatable bonds is 7. The van der Waals surface area contributed by atoms with Gasteiger partial charge in [0.2, 0.25) is 5.91 Å². The van der Waals surface area contributed by atoms with Gasteiger partial charge in [0, 0.05) is 29.9 Å². The van der Waals surface area contributed by atoms with Crippen LogP contribution in [-0.4, -0.2) is 17.8 Å². The average molecular weight is 368 g/mol. The molecule has 7 heteroatoms. The SMILES string of the molecule is CC(C)CC(=O)Nc1ccc(NC(=O)c2ccc(CNC(N)=O)cc2)cc1. The highest BCUT2D eigenvalue weighted by Gasteiger charge is 2.08. The first kappa shape index (κ1) is 20.0. The topological polar surface area (TPSA) is 113 Å². The van der Waals surface area contributed by atoms with E-state index in [2.05, 4.69) is 16.0 Å². The van der Waals surface area contributed by atoms with E-state index < -0.39 is 6.03 Å². The van der Waals surface area contributed by atoms with Crippen LogP contribution >= 0.6 is 0 Å². The molecule has 0 saturated heterocycles. The van der Waals surface area contributed by atoms with Crippen molar-refractivity contribution in [3.63, 3.8) is 0 Å². The largest absolute Gasteiger partial charge is 0.352 e. The van der Waals surface area contributed by atoms with Crippen molar-refractivity contribution in [3.05, 3.63) is 59.7 Å². The second-order valence-electron chi connectivity index (χ2n) is 6.59. The van der Waals surface area contributed by atoms with Crippen molar-refractivity contribution in [1.82, 2.24) is 5.32 Å². The van der Waals surface area contributed by atoms with Crippen LogP contribution in [0.5, 0.6) is 0 Å². The fraction of sp³-hybridized carbons (Fsp3) is 0.250. The summed E-state index contributed by atoms with van der Waals surface area (Å²) in [6.45, 7) is 4.28. The zero-order chi connectivity index (χ0) is 19.8. The molecule has 0 bridgehead atoms. The van der Waals surface area contributed by atoms with Crippen molar-refractivity contribution in [2.75, 3.05) is 10.6 Å². The van der Waals surface area contributed by atoms with Crippen molar-refractivity contribution in [2.45, 2.75) is 26.8 Å². The molecule has 0 aliphatic carbocycles. The van der Waals surface area contributed by atoms with Crippen LogP contribution in [0, 0.1) is 5.92 Å². The molecule has 0 fully saturated rings. The maximum atomic E-state index is 12.3. The monoisotopic (exact) mass is 368 g/mol. The third kappa shape index (κ3) is 6.81. The maximum absolute atomic E-state index is 12.3. The Morgan fingerprint density at radius 2 is 1.44 bits per heavy atom. The van der Waals surface area contributed by atoms with Gasteiger partial charge in [-0.1, -0.05) is 26.0 Å². The van der Waals surface area contributed by atoms with Gasteiger partial charge in [0.15, 0.2) is 0 Å². The van der Waals surface area contributed by atoms with E-state index in [0.29, 0.717) is 35.8 Å². The highest BCUT2D eigenvalue weighted by molar-refractivity contribution is 6.04. The van der Waals surface area contributed by atoms with Crippen molar-refractivity contribution >= 4 is 29.2 Å². The molecule has 27 heavy (non-hydrogen) atoms. The van der Waals surface area contributed by atoms with E-state index in [0.717, 1.165) is 5.56 Å². The number of anilines is 2. The molecule has 0 spiro atoms. The van der Waals surface area contributed by atoms with Crippen molar-refractivity contribution in [3.8, 4) is 0 Å². The van der Waals surface area contributed by atoms with Gasteiger partial charge in [-0.3, -0.25) is 9.59 Å². The zero-order valence-corrected chi connectivity index (χ0v) is 15.4. The molecule has 4 amide bonds. The van der Waals surface area contributed by atoms with Crippen LogP contribution in [0.15, 0.2) is 48.5 Å². The van der Waals surface area contributed by atoms with Gasteiger partial charge in [-0.05, 0) is 47.9 Å². The van der Waals surface area contributed by atoms with Crippen LogP contribution < -0.4 is 21.7 Å². The standard InChI is InChI=1S/C20H24N4O3/c1-13(2)11-18(25)23-16-7-9-17(10-8-16)24-19(26)15-5-3-14(4-6-15)12-22-20(21)27/h3-10,13H,11-12H2,1-2H3,(H,23,25)(H,24,26)(H3,21,22,27). The molecule has 0 aliphatic heterocycles. The highest BCUT2D eigenvalue weighted by Crippen LogP contribution is 2.16. The number of amides is 4. The summed E-state index contributed by atoms with van der Waals surface area (Å²) in [4.78, 5) is 34.8. The van der Waals surface area contributed by atoms with Gasteiger partial charge in [0.05, 0.1) is 0 Å². The lowest BCUT2D eigenvalue weighted by Crippen LogP contribution is -2.28. The Labute approximate surface area is 158 Å². The molecule has 2 aromatic rings. The lowest BCUT2D eigenvalue weighted by Gasteiger charge is -2.09. The van der Waals surface area contributed by atoms with Gasteiger partial charge in [-0.15, -0.1) is 0 Å². The molecular weight excluding hydrogens is 344 g/mol. The van der Waals surface area contributed by atoms with Crippen LogP contribution in [0.2, 0.25) is 0 Å². The summed E-state index contributed by atoms with van der Waals surface area (Å²) in [6, 6.07) is 13.2. The number of nitrogens with one attached hydrogen (secondary N) is 3. The highest BCUT2D eigenvalue weighted by atomic mass is 16.2. The van der Waals surface area contributed by atoms with E-state index in [1.54, 1.807) is 48.5 Å². The summed E-state index contributed by atoms with van der Waals surface area (Å²) in [7, 11) is 0. The van der Waals surface area contributed by atoms with Gasteiger partial charge in [-0.25, -0.2) is 4.79 Å². The Bertz CT molecular complexity index is 799. The quantitative estimate of drug-likeness (QED) is 0.602. The van der Waals surface area contributed by atoms with E-state index in [9.17, 15) is 14.4 Å². The van der Waals surface area contributed by atoms with Gasteiger partial charge >= 0.3 is 6.03 Å². The van der Waals surface area contributed by atoms with Crippen LogP contribution in [0.1, 0.15) is 36.2 Å². The maximum Gasteiger partial charge on any atom is 0.312 e. The minimum absolute atomic E-state index is 0.0345. The van der Waals surface area contributed by atoms with Gasteiger partial charge in [0.1, 0.15) is 0 Å². The Balaban J connectivity index is 1.91. The summed E-state index contributed by atoms with van der Waals surface area (Å²) >= 11 is 0. The van der Waals surface area contributed by atoms with Crippen LogP contribution in [0.4, 0.5) is 16.2 Å². The Morgan fingerprint density at radius 1 is 0.889 bits per heavy atom.